The van der Waals surface area contributed by atoms with E-state index in [1.165, 1.54) is 18.2 Å². The van der Waals surface area contributed by atoms with Gasteiger partial charge in [0.05, 0.1) is 0 Å². The van der Waals surface area contributed by atoms with Gasteiger partial charge in [0.2, 0.25) is 0 Å². The van der Waals surface area contributed by atoms with Crippen LogP contribution in [-0.2, 0) is 20.8 Å². The van der Waals surface area contributed by atoms with Crippen LogP contribution in [0.2, 0.25) is 0 Å². The number of halogens is 1. The van der Waals surface area contributed by atoms with Crippen molar-refractivity contribution in [3.05, 3.63) is 30.1 Å². The number of benzene rings is 1. The molecule has 0 radical (unpaired) electrons. The van der Waals surface area contributed by atoms with Gasteiger partial charge in [0, 0.05) is 17.3 Å². The van der Waals surface area contributed by atoms with Crippen molar-refractivity contribution in [1.29, 1.82) is 0 Å². The van der Waals surface area contributed by atoms with Crippen LogP contribution in [0.1, 0.15) is 0 Å². The second-order valence-electron chi connectivity index (χ2n) is 1.77. The molecule has 1 aromatic carbocycles. The Hall–Kier alpha value is 0.320. The van der Waals surface area contributed by atoms with Gasteiger partial charge in [0.15, 0.2) is 9.64 Å². The van der Waals surface area contributed by atoms with Gasteiger partial charge in [0.25, 0.3) is 0 Å². The zero-order valence-corrected chi connectivity index (χ0v) is 7.07. The number of rotatable bonds is 2. The molecule has 1 unspecified atom stereocenters. The summed E-state index contributed by atoms with van der Waals surface area (Å²) in [6, 6.07) is 5.34. The fourth-order valence-corrected chi connectivity index (χ4v) is 1.15. The van der Waals surface area contributed by atoms with Crippen LogP contribution in [0.5, 0.6) is 5.75 Å². The summed E-state index contributed by atoms with van der Waals surface area (Å²) in [5.74, 6) is -0.240. The summed E-state index contributed by atoms with van der Waals surface area (Å²) < 4.78 is 27.3. The van der Waals surface area contributed by atoms with E-state index in [-0.39, 0.29) is 35.3 Å². The second kappa shape index (κ2) is 5.88. The van der Waals surface area contributed by atoms with E-state index in [0.29, 0.717) is 0 Å². The first-order valence-electron chi connectivity index (χ1n) is 2.76. The fraction of sp³-hybridized carbons (Fsp3) is 0. The predicted molar refractivity (Wildman–Crippen MR) is 51.1 cm³/mol. The Bertz CT molecular complexity index is 319. The van der Waals surface area contributed by atoms with Crippen molar-refractivity contribution in [2.75, 3.05) is 0 Å². The van der Waals surface area contributed by atoms with Crippen LogP contribution in [0.25, 0.3) is 0 Å². The van der Waals surface area contributed by atoms with Crippen molar-refractivity contribution in [3.63, 3.8) is 0 Å². The van der Waals surface area contributed by atoms with Crippen LogP contribution in [0.15, 0.2) is 24.3 Å². The fourth-order valence-electron chi connectivity index (χ4n) is 0.610. The Kier molecular flexibility index (Phi) is 6.04. The summed E-state index contributed by atoms with van der Waals surface area (Å²) in [7, 11) is -2.12. The molecule has 0 spiro atoms. The van der Waals surface area contributed by atoms with Gasteiger partial charge < -0.3 is 4.18 Å². The van der Waals surface area contributed by atoms with Gasteiger partial charge in [-0.2, -0.15) is 0 Å². The Morgan fingerprint density at radius 3 is 2.67 bits per heavy atom. The van der Waals surface area contributed by atoms with Crippen LogP contribution < -0.4 is 4.18 Å². The van der Waals surface area contributed by atoms with Gasteiger partial charge >= 0.3 is 29.6 Å². The molecule has 1 rings (SSSR count). The van der Waals surface area contributed by atoms with E-state index < -0.39 is 15.5 Å². The molecule has 12 heavy (non-hydrogen) atoms. The van der Waals surface area contributed by atoms with E-state index in [4.69, 9.17) is 0 Å². The van der Waals surface area contributed by atoms with Crippen molar-refractivity contribution in [2.24, 2.45) is 0 Å². The summed E-state index contributed by atoms with van der Waals surface area (Å²) in [5.41, 5.74) is 0. The zero-order valence-electron chi connectivity index (χ0n) is 5.36. The molecule has 0 N–H and O–H groups in total. The third-order valence-electron chi connectivity index (χ3n) is 0.976. The predicted octanol–water partition coefficient (Wildman–Crippen LogP) is 0.414. The van der Waals surface area contributed by atoms with Crippen LogP contribution in [0.3, 0.4) is 0 Å². The minimum absolute atomic E-state index is 0. The molecule has 6 heteroatoms. The minimum atomic E-state index is -2.12. The molecule has 0 aliphatic rings. The molecule has 0 aliphatic heterocycles. The van der Waals surface area contributed by atoms with Crippen LogP contribution in [-0.4, -0.2) is 33.8 Å². The van der Waals surface area contributed by atoms with E-state index in [9.17, 15) is 8.60 Å². The number of thiol groups is 1. The molecule has 0 heterocycles. The molecule has 0 aromatic heterocycles. The van der Waals surface area contributed by atoms with E-state index in [0.717, 1.165) is 6.07 Å². The number of hydrogen-bond acceptors (Lipinski definition) is 3. The van der Waals surface area contributed by atoms with E-state index in [1.807, 2.05) is 0 Å². The molecule has 1 aromatic rings. The Morgan fingerprint density at radius 1 is 1.50 bits per heavy atom. The quantitative estimate of drug-likeness (QED) is 0.573. The maximum atomic E-state index is 12.4. The standard InChI is InChI=1S/C6H5FO2S2.Na.H/c7-5-2-1-3-6(4-5)9-11(8)10;;/h1-4,11H;;. The van der Waals surface area contributed by atoms with E-state index in [1.54, 1.807) is 0 Å². The molecule has 0 fully saturated rings. The number of hydrogen-bond donors (Lipinski definition) is 1. The Labute approximate surface area is 98.3 Å². The van der Waals surface area contributed by atoms with E-state index >= 15 is 0 Å². The molecule has 1 atom stereocenters. The molecule has 2 nitrogen and oxygen atoms in total. The van der Waals surface area contributed by atoms with Gasteiger partial charge in [-0.05, 0) is 12.1 Å². The van der Waals surface area contributed by atoms with Gasteiger partial charge in [-0.25, -0.2) is 8.60 Å². The Balaban J connectivity index is 0.00000121. The van der Waals surface area contributed by atoms with Gasteiger partial charge in [0.1, 0.15) is 11.6 Å². The summed E-state index contributed by atoms with van der Waals surface area (Å²) in [4.78, 5) is 0. The third-order valence-corrected chi connectivity index (χ3v) is 1.56. The molecule has 0 saturated heterocycles. The topological polar surface area (TPSA) is 26.3 Å². The monoisotopic (exact) mass is 216 g/mol. The summed E-state index contributed by atoms with van der Waals surface area (Å²) >= 11 is 4.27. The van der Waals surface area contributed by atoms with Gasteiger partial charge in [-0.1, -0.05) is 6.07 Å². The Morgan fingerprint density at radius 2 is 2.17 bits per heavy atom. The molecular weight excluding hydrogens is 210 g/mol. The van der Waals surface area contributed by atoms with Crippen molar-refractivity contribution >= 4 is 50.4 Å². The molecule has 0 amide bonds. The van der Waals surface area contributed by atoms with Crippen molar-refractivity contribution in [3.8, 4) is 5.75 Å². The van der Waals surface area contributed by atoms with Crippen LogP contribution >= 0.6 is 0 Å². The molecule has 0 saturated carbocycles. The van der Waals surface area contributed by atoms with Crippen LogP contribution in [0, 0.1) is 5.82 Å². The van der Waals surface area contributed by atoms with Gasteiger partial charge in [-0.15, -0.1) is 0 Å². The van der Waals surface area contributed by atoms with E-state index in [2.05, 4.69) is 15.4 Å². The zero-order chi connectivity index (χ0) is 8.27. The molecule has 62 valence electrons. The average molecular weight is 216 g/mol. The average Bonchev–Trinajstić information content (AvgIpc) is 1.85. The SMILES string of the molecule is O=[SH](=S)Oc1cccc(F)c1.[NaH]. The summed E-state index contributed by atoms with van der Waals surface area (Å²) in [5, 5.41) is 0. The van der Waals surface area contributed by atoms with Crippen molar-refractivity contribution in [2.45, 2.75) is 0 Å². The molecular formula is C6H6FNaO2S2. The first-order valence-corrected chi connectivity index (χ1v) is 4.95. The molecule has 0 aliphatic carbocycles. The first-order chi connectivity index (χ1) is 5.18. The summed E-state index contributed by atoms with van der Waals surface area (Å²) in [6.07, 6.45) is 0. The van der Waals surface area contributed by atoms with Gasteiger partial charge in [-0.3, -0.25) is 0 Å². The van der Waals surface area contributed by atoms with Crippen molar-refractivity contribution < 1.29 is 12.8 Å². The second-order valence-corrected chi connectivity index (χ2v) is 3.30. The summed E-state index contributed by atoms with van der Waals surface area (Å²) in [6.45, 7) is 0. The maximum absolute atomic E-state index is 12.4. The molecule has 0 bridgehead atoms. The third kappa shape index (κ3) is 4.37. The normalized spacial score (nSPS) is 11.4. The van der Waals surface area contributed by atoms with Crippen molar-refractivity contribution in [1.82, 2.24) is 0 Å². The van der Waals surface area contributed by atoms with Crippen LogP contribution in [0.4, 0.5) is 4.39 Å². The first kappa shape index (κ1) is 12.3.